The van der Waals surface area contributed by atoms with E-state index in [1.165, 1.54) is 0 Å². The summed E-state index contributed by atoms with van der Waals surface area (Å²) in [6, 6.07) is 5.63. The number of halogens is 1. The van der Waals surface area contributed by atoms with Crippen molar-refractivity contribution < 1.29 is 9.31 Å². The second-order valence-electron chi connectivity index (χ2n) is 6.16. The highest BCUT2D eigenvalue weighted by atomic mass is 35.5. The zero-order chi connectivity index (χ0) is 14.4. The summed E-state index contributed by atoms with van der Waals surface area (Å²) < 4.78 is 12.0. The van der Waals surface area contributed by atoms with E-state index in [0.29, 0.717) is 5.02 Å². The summed E-state index contributed by atoms with van der Waals surface area (Å²) in [5, 5.41) is 0.676. The van der Waals surface area contributed by atoms with E-state index >= 15 is 0 Å². The summed E-state index contributed by atoms with van der Waals surface area (Å²) in [4.78, 5) is 0. The summed E-state index contributed by atoms with van der Waals surface area (Å²) in [6.07, 6.45) is 0. The van der Waals surface area contributed by atoms with E-state index in [1.807, 2.05) is 52.8 Å². The number of benzene rings is 1. The van der Waals surface area contributed by atoms with Crippen LogP contribution >= 0.6 is 11.6 Å². The third-order valence-electron chi connectivity index (χ3n) is 4.04. The average molecular weight is 282 g/mol. The van der Waals surface area contributed by atoms with Crippen LogP contribution in [0.1, 0.15) is 46.2 Å². The van der Waals surface area contributed by atoms with Gasteiger partial charge in [0.05, 0.1) is 11.2 Å². The predicted octanol–water partition coefficient (Wildman–Crippen LogP) is 2.66. The Labute approximate surface area is 120 Å². The van der Waals surface area contributed by atoms with Crippen LogP contribution in [0, 0.1) is 0 Å². The van der Waals surface area contributed by atoms with Crippen LogP contribution in [0.5, 0.6) is 0 Å². The van der Waals surface area contributed by atoms with Gasteiger partial charge in [-0.05, 0) is 51.7 Å². The van der Waals surface area contributed by atoms with Gasteiger partial charge in [0.15, 0.2) is 0 Å². The first kappa shape index (κ1) is 14.9. The fourth-order valence-electron chi connectivity index (χ4n) is 2.04. The Hall–Kier alpha value is -0.545. The highest BCUT2D eigenvalue weighted by molar-refractivity contribution is 6.62. The van der Waals surface area contributed by atoms with Crippen molar-refractivity contribution in [3.8, 4) is 0 Å². The summed E-state index contributed by atoms with van der Waals surface area (Å²) in [6.45, 7) is 10.1. The first-order chi connectivity index (χ1) is 8.64. The van der Waals surface area contributed by atoms with E-state index < -0.39 is 0 Å². The maximum atomic E-state index is 6.15. The molecule has 0 amide bonds. The summed E-state index contributed by atoms with van der Waals surface area (Å²) >= 11 is 6.15. The molecule has 19 heavy (non-hydrogen) atoms. The maximum absolute atomic E-state index is 6.15. The van der Waals surface area contributed by atoms with Crippen molar-refractivity contribution >= 4 is 24.2 Å². The maximum Gasteiger partial charge on any atom is 0.494 e. The molecule has 1 atom stereocenters. The smallest absolute Gasteiger partial charge is 0.399 e. The minimum atomic E-state index is -0.375. The van der Waals surface area contributed by atoms with Crippen molar-refractivity contribution in [2.24, 2.45) is 5.73 Å². The molecule has 1 saturated heterocycles. The molecule has 1 unspecified atom stereocenters. The second-order valence-corrected chi connectivity index (χ2v) is 6.57. The van der Waals surface area contributed by atoms with Gasteiger partial charge in [0.25, 0.3) is 0 Å². The van der Waals surface area contributed by atoms with Crippen LogP contribution in [0.15, 0.2) is 18.2 Å². The van der Waals surface area contributed by atoms with Gasteiger partial charge in [-0.3, -0.25) is 0 Å². The van der Waals surface area contributed by atoms with E-state index in [9.17, 15) is 0 Å². The summed E-state index contributed by atoms with van der Waals surface area (Å²) in [5.41, 5.74) is 7.10. The normalized spacial score (nSPS) is 22.6. The Kier molecular flexibility index (Phi) is 3.73. The molecule has 3 nitrogen and oxygen atoms in total. The molecule has 1 heterocycles. The molecular weight excluding hydrogens is 260 g/mol. The lowest BCUT2D eigenvalue weighted by Gasteiger charge is -2.32. The van der Waals surface area contributed by atoms with Crippen LogP contribution in [0.2, 0.25) is 5.02 Å². The quantitative estimate of drug-likeness (QED) is 0.848. The van der Waals surface area contributed by atoms with E-state index in [-0.39, 0.29) is 24.4 Å². The monoisotopic (exact) mass is 281 g/mol. The molecule has 0 aliphatic carbocycles. The van der Waals surface area contributed by atoms with Crippen molar-refractivity contribution in [3.05, 3.63) is 28.8 Å². The second kappa shape index (κ2) is 4.78. The molecule has 2 rings (SSSR count). The molecule has 104 valence electrons. The first-order valence-electron chi connectivity index (χ1n) is 6.54. The third-order valence-corrected chi connectivity index (χ3v) is 4.38. The van der Waals surface area contributed by atoms with E-state index in [4.69, 9.17) is 26.6 Å². The van der Waals surface area contributed by atoms with Crippen LogP contribution in [0.3, 0.4) is 0 Å². The van der Waals surface area contributed by atoms with Gasteiger partial charge in [0.2, 0.25) is 0 Å². The summed E-state index contributed by atoms with van der Waals surface area (Å²) in [5.74, 6) is 0. The molecule has 0 spiro atoms. The Bertz CT molecular complexity index is 472. The third kappa shape index (κ3) is 2.68. The molecule has 1 aliphatic heterocycles. The molecule has 0 bridgehead atoms. The molecular formula is C14H21BClNO2. The van der Waals surface area contributed by atoms with Gasteiger partial charge in [-0.1, -0.05) is 23.7 Å². The van der Waals surface area contributed by atoms with Gasteiger partial charge in [-0.2, -0.15) is 0 Å². The lowest BCUT2D eigenvalue weighted by Crippen LogP contribution is -2.41. The number of rotatable bonds is 2. The van der Waals surface area contributed by atoms with E-state index in [0.717, 1.165) is 11.0 Å². The van der Waals surface area contributed by atoms with Gasteiger partial charge in [0.1, 0.15) is 0 Å². The number of nitrogens with two attached hydrogens (primary N) is 1. The van der Waals surface area contributed by atoms with Gasteiger partial charge in [-0.15, -0.1) is 0 Å². The van der Waals surface area contributed by atoms with Gasteiger partial charge >= 0.3 is 7.12 Å². The molecule has 5 heteroatoms. The largest absolute Gasteiger partial charge is 0.494 e. The van der Waals surface area contributed by atoms with Gasteiger partial charge < -0.3 is 15.0 Å². The molecule has 0 aromatic heterocycles. The zero-order valence-electron chi connectivity index (χ0n) is 12.2. The lowest BCUT2D eigenvalue weighted by molar-refractivity contribution is 0.00578. The summed E-state index contributed by atoms with van der Waals surface area (Å²) in [7, 11) is -0.375. The molecule has 1 aromatic carbocycles. The minimum absolute atomic E-state index is 0.116. The zero-order valence-corrected chi connectivity index (χ0v) is 12.9. The van der Waals surface area contributed by atoms with E-state index in [1.54, 1.807) is 0 Å². The number of hydrogen-bond acceptors (Lipinski definition) is 3. The van der Waals surface area contributed by atoms with Crippen LogP contribution in [0.25, 0.3) is 0 Å². The number of hydrogen-bond donors (Lipinski definition) is 1. The van der Waals surface area contributed by atoms with Crippen LogP contribution in [-0.4, -0.2) is 18.3 Å². The Morgan fingerprint density at radius 2 is 1.68 bits per heavy atom. The van der Waals surface area contributed by atoms with Crippen LogP contribution in [0.4, 0.5) is 0 Å². The van der Waals surface area contributed by atoms with Crippen molar-refractivity contribution in [1.29, 1.82) is 0 Å². The fourth-order valence-corrected chi connectivity index (χ4v) is 2.33. The molecule has 0 radical (unpaired) electrons. The highest BCUT2D eigenvalue weighted by Crippen LogP contribution is 2.36. The van der Waals surface area contributed by atoms with Crippen molar-refractivity contribution in [2.75, 3.05) is 0 Å². The van der Waals surface area contributed by atoms with Crippen molar-refractivity contribution in [2.45, 2.75) is 51.9 Å². The molecule has 1 fully saturated rings. The Morgan fingerprint density at radius 3 is 2.16 bits per heavy atom. The molecule has 0 saturated carbocycles. The van der Waals surface area contributed by atoms with E-state index in [2.05, 4.69) is 0 Å². The fraction of sp³-hybridized carbons (Fsp3) is 0.571. The SMILES string of the molecule is CC(N)c1cc(B2OC(C)(C)C(C)(C)O2)ccc1Cl. The first-order valence-corrected chi connectivity index (χ1v) is 6.92. The minimum Gasteiger partial charge on any atom is -0.399 e. The average Bonchev–Trinajstić information content (AvgIpc) is 2.48. The Morgan fingerprint density at radius 1 is 1.16 bits per heavy atom. The van der Waals surface area contributed by atoms with Crippen LogP contribution in [-0.2, 0) is 9.31 Å². The Balaban J connectivity index is 2.32. The predicted molar refractivity (Wildman–Crippen MR) is 79.8 cm³/mol. The van der Waals surface area contributed by atoms with Gasteiger partial charge in [0, 0.05) is 11.1 Å². The molecule has 2 N–H and O–H groups in total. The topological polar surface area (TPSA) is 44.5 Å². The molecule has 1 aromatic rings. The van der Waals surface area contributed by atoms with Gasteiger partial charge in [-0.25, -0.2) is 0 Å². The van der Waals surface area contributed by atoms with Crippen LogP contribution < -0.4 is 11.2 Å². The highest BCUT2D eigenvalue weighted by Gasteiger charge is 2.51. The molecule has 1 aliphatic rings. The standard InChI is InChI=1S/C14H21BClNO2/c1-9(17)11-8-10(6-7-12(11)16)15-18-13(2,3)14(4,5)19-15/h6-9H,17H2,1-5H3. The lowest BCUT2D eigenvalue weighted by atomic mass is 9.78. The van der Waals surface area contributed by atoms with Crippen molar-refractivity contribution in [3.63, 3.8) is 0 Å². The van der Waals surface area contributed by atoms with Crippen molar-refractivity contribution in [1.82, 2.24) is 0 Å².